The summed E-state index contributed by atoms with van der Waals surface area (Å²) >= 11 is 0. The summed E-state index contributed by atoms with van der Waals surface area (Å²) in [6.45, 7) is 0.842. The highest BCUT2D eigenvalue weighted by atomic mass is 19.4. The van der Waals surface area contributed by atoms with E-state index < -0.39 is 28.9 Å². The summed E-state index contributed by atoms with van der Waals surface area (Å²) < 4.78 is 58.5. The van der Waals surface area contributed by atoms with Crippen LogP contribution in [0.5, 0.6) is 5.75 Å². The van der Waals surface area contributed by atoms with Crippen LogP contribution in [0.25, 0.3) is 11.4 Å². The molecule has 0 saturated carbocycles. The highest BCUT2D eigenvalue weighted by Crippen LogP contribution is 2.32. The second-order valence-electron chi connectivity index (χ2n) is 9.00. The monoisotopic (exact) mass is 535 g/mol. The minimum Gasteiger partial charge on any atom is -0.497 e. The molecule has 1 amide bonds. The number of rotatable bonds is 6. The molecular formula is C29H21F4N3O3. The van der Waals surface area contributed by atoms with Crippen LogP contribution in [0.1, 0.15) is 43.0 Å². The Morgan fingerprint density at radius 1 is 0.974 bits per heavy atom. The van der Waals surface area contributed by atoms with Crippen molar-refractivity contribution in [2.75, 3.05) is 13.7 Å². The van der Waals surface area contributed by atoms with Gasteiger partial charge in [-0.1, -0.05) is 12.1 Å². The molecule has 0 aliphatic carbocycles. The highest BCUT2D eigenvalue weighted by Gasteiger charge is 2.32. The summed E-state index contributed by atoms with van der Waals surface area (Å²) in [6, 6.07) is 13.5. The van der Waals surface area contributed by atoms with E-state index in [1.165, 1.54) is 24.5 Å². The summed E-state index contributed by atoms with van der Waals surface area (Å²) in [7, 11) is 1.58. The van der Waals surface area contributed by atoms with Crippen molar-refractivity contribution in [1.82, 2.24) is 14.9 Å². The van der Waals surface area contributed by atoms with Gasteiger partial charge in [0.25, 0.3) is 5.91 Å². The molecule has 198 valence electrons. The highest BCUT2D eigenvalue weighted by molar-refractivity contribution is 6.09. The number of hydrogen-bond donors (Lipinski definition) is 0. The van der Waals surface area contributed by atoms with Crippen LogP contribution in [-0.2, 0) is 19.1 Å². The van der Waals surface area contributed by atoms with Crippen LogP contribution in [0.3, 0.4) is 0 Å². The van der Waals surface area contributed by atoms with Crippen LogP contribution < -0.4 is 4.74 Å². The molecule has 1 aliphatic heterocycles. The predicted molar refractivity (Wildman–Crippen MR) is 134 cm³/mol. The van der Waals surface area contributed by atoms with Crippen molar-refractivity contribution in [3.63, 3.8) is 0 Å². The Hall–Kier alpha value is -4.60. The van der Waals surface area contributed by atoms with Gasteiger partial charge < -0.3 is 9.64 Å². The lowest BCUT2D eigenvalue weighted by molar-refractivity contribution is -0.137. The zero-order chi connectivity index (χ0) is 27.7. The van der Waals surface area contributed by atoms with Gasteiger partial charge in [-0.15, -0.1) is 0 Å². The Morgan fingerprint density at radius 2 is 1.72 bits per heavy atom. The number of carbonyl (C=O) groups is 2. The number of carbonyl (C=O) groups excluding carboxylic acids is 2. The molecule has 39 heavy (non-hydrogen) atoms. The lowest BCUT2D eigenvalue weighted by Gasteiger charge is -2.29. The second-order valence-corrected chi connectivity index (χ2v) is 9.00. The van der Waals surface area contributed by atoms with Gasteiger partial charge >= 0.3 is 6.18 Å². The number of ether oxygens (including phenoxy) is 1. The van der Waals surface area contributed by atoms with E-state index in [1.54, 1.807) is 18.1 Å². The van der Waals surface area contributed by atoms with E-state index >= 15 is 0 Å². The topological polar surface area (TPSA) is 72.4 Å². The number of amides is 1. The summed E-state index contributed by atoms with van der Waals surface area (Å²) in [4.78, 5) is 36.7. The average Bonchev–Trinajstić information content (AvgIpc) is 2.93. The van der Waals surface area contributed by atoms with E-state index in [2.05, 4.69) is 9.97 Å². The SMILES string of the molecule is COc1ccc(CN2CCc3c(ccnc3-c3cc(C(=O)c4cc(F)cc(C(F)(F)F)c4)ccn3)C2=O)cc1. The molecule has 4 aromatic rings. The van der Waals surface area contributed by atoms with Crippen LogP contribution in [-0.4, -0.2) is 40.2 Å². The van der Waals surface area contributed by atoms with Gasteiger partial charge in [0.2, 0.25) is 0 Å². The molecule has 2 aromatic heterocycles. The molecule has 0 fully saturated rings. The minimum atomic E-state index is -4.80. The molecule has 1 aliphatic rings. The summed E-state index contributed by atoms with van der Waals surface area (Å²) in [5.74, 6) is -1.42. The van der Waals surface area contributed by atoms with Crippen LogP contribution in [0, 0.1) is 5.82 Å². The maximum Gasteiger partial charge on any atom is 0.416 e. The van der Waals surface area contributed by atoms with E-state index in [4.69, 9.17) is 4.74 Å². The molecule has 0 N–H and O–H groups in total. The molecule has 6 nitrogen and oxygen atoms in total. The van der Waals surface area contributed by atoms with Crippen LogP contribution in [0.15, 0.2) is 73.1 Å². The fraction of sp³-hybridized carbons (Fsp3) is 0.172. The number of fused-ring (bicyclic) bond motifs is 1. The molecule has 0 unspecified atom stereocenters. The van der Waals surface area contributed by atoms with Crippen LogP contribution in [0.4, 0.5) is 17.6 Å². The van der Waals surface area contributed by atoms with Crippen molar-refractivity contribution < 1.29 is 31.9 Å². The molecule has 5 rings (SSSR count). The first-order valence-corrected chi connectivity index (χ1v) is 11.9. The van der Waals surface area contributed by atoms with Crippen LogP contribution in [0.2, 0.25) is 0 Å². The summed E-state index contributed by atoms with van der Waals surface area (Å²) in [5.41, 5.74) is 1.07. The molecule has 0 atom stereocenters. The lowest BCUT2D eigenvalue weighted by atomic mass is 9.94. The number of pyridine rings is 2. The zero-order valence-electron chi connectivity index (χ0n) is 20.6. The van der Waals surface area contributed by atoms with E-state index in [-0.39, 0.29) is 17.2 Å². The Kier molecular flexibility index (Phi) is 6.86. The van der Waals surface area contributed by atoms with E-state index in [0.717, 1.165) is 17.4 Å². The number of nitrogens with zero attached hydrogens (tertiary/aromatic N) is 3. The number of aromatic nitrogens is 2. The van der Waals surface area contributed by atoms with Crippen molar-refractivity contribution in [1.29, 1.82) is 0 Å². The minimum absolute atomic E-state index is 0.0152. The third kappa shape index (κ3) is 5.36. The van der Waals surface area contributed by atoms with Gasteiger partial charge in [-0.3, -0.25) is 19.6 Å². The quantitative estimate of drug-likeness (QED) is 0.233. The summed E-state index contributed by atoms with van der Waals surface area (Å²) in [6.07, 6.45) is -1.52. The third-order valence-electron chi connectivity index (χ3n) is 6.49. The molecule has 0 saturated heterocycles. The number of hydrogen-bond acceptors (Lipinski definition) is 5. The normalized spacial score (nSPS) is 13.3. The smallest absolute Gasteiger partial charge is 0.416 e. The first-order chi connectivity index (χ1) is 18.6. The Labute approximate surface area is 220 Å². The number of ketones is 1. The Balaban J connectivity index is 1.43. The first kappa shape index (κ1) is 26.0. The standard InChI is InChI=1S/C29H21F4N3O3/c1-39-22-4-2-17(3-5-22)16-36-11-8-23-24(28(36)38)7-10-35-26(23)25-14-18(6-9-34-25)27(37)19-12-20(29(31,32)33)15-21(30)13-19/h2-7,9-10,12-15H,8,11,16H2,1H3. The average molecular weight is 535 g/mol. The number of alkyl halides is 3. The number of benzene rings is 2. The maximum absolute atomic E-state index is 13.9. The van der Waals surface area contributed by atoms with E-state index in [1.807, 2.05) is 24.3 Å². The van der Waals surface area contributed by atoms with Crippen molar-refractivity contribution in [3.8, 4) is 17.1 Å². The third-order valence-corrected chi connectivity index (χ3v) is 6.49. The van der Waals surface area contributed by atoms with E-state index in [9.17, 15) is 27.2 Å². The van der Waals surface area contributed by atoms with Gasteiger partial charge in [0.1, 0.15) is 11.6 Å². The largest absolute Gasteiger partial charge is 0.497 e. The van der Waals surface area contributed by atoms with Crippen molar-refractivity contribution >= 4 is 11.7 Å². The Bertz CT molecular complexity index is 1570. The molecular weight excluding hydrogens is 514 g/mol. The molecule has 0 radical (unpaired) electrons. The van der Waals surface area contributed by atoms with Gasteiger partial charge in [-0.2, -0.15) is 13.2 Å². The van der Waals surface area contributed by atoms with E-state index in [0.29, 0.717) is 48.5 Å². The first-order valence-electron chi connectivity index (χ1n) is 11.9. The van der Waals surface area contributed by atoms with Gasteiger partial charge in [-0.05, 0) is 66.1 Å². The molecule has 3 heterocycles. The van der Waals surface area contributed by atoms with Gasteiger partial charge in [-0.25, -0.2) is 4.39 Å². The molecule has 0 bridgehead atoms. The fourth-order valence-electron chi connectivity index (χ4n) is 4.54. The molecule has 2 aromatic carbocycles. The van der Waals surface area contributed by atoms with Gasteiger partial charge in [0, 0.05) is 42.2 Å². The molecule has 0 spiro atoms. The Morgan fingerprint density at radius 3 is 2.44 bits per heavy atom. The predicted octanol–water partition coefficient (Wildman–Crippen LogP) is 5.74. The van der Waals surface area contributed by atoms with Crippen molar-refractivity contribution in [3.05, 3.63) is 112 Å². The van der Waals surface area contributed by atoms with Crippen LogP contribution >= 0.6 is 0 Å². The number of halogens is 4. The zero-order valence-corrected chi connectivity index (χ0v) is 20.6. The summed E-state index contributed by atoms with van der Waals surface area (Å²) in [5, 5.41) is 0. The van der Waals surface area contributed by atoms with Gasteiger partial charge in [0.05, 0.1) is 24.1 Å². The maximum atomic E-state index is 13.9. The van der Waals surface area contributed by atoms with Crippen molar-refractivity contribution in [2.24, 2.45) is 0 Å². The lowest BCUT2D eigenvalue weighted by Crippen LogP contribution is -2.37. The fourth-order valence-corrected chi connectivity index (χ4v) is 4.54. The van der Waals surface area contributed by atoms with Gasteiger partial charge in [0.15, 0.2) is 5.78 Å². The second kappa shape index (κ2) is 10.3. The molecule has 10 heteroatoms. The van der Waals surface area contributed by atoms with Crippen molar-refractivity contribution in [2.45, 2.75) is 19.1 Å². The number of methoxy groups -OCH3 is 1.